The molecule has 0 bridgehead atoms. The molecule has 1 unspecified atom stereocenters. The number of anilines is 1. The first-order valence-electron chi connectivity index (χ1n) is 8.14. The maximum atomic E-state index is 12.5. The number of rotatable bonds is 3. The van der Waals surface area contributed by atoms with Crippen molar-refractivity contribution in [2.75, 3.05) is 37.6 Å². The molecule has 2 aliphatic rings. The van der Waals surface area contributed by atoms with E-state index in [-0.39, 0.29) is 18.5 Å². The summed E-state index contributed by atoms with van der Waals surface area (Å²) < 4.78 is 0. The Morgan fingerprint density at radius 1 is 1.30 bits per heavy atom. The lowest BCUT2D eigenvalue weighted by Gasteiger charge is -2.32. The molecule has 0 spiro atoms. The highest BCUT2D eigenvalue weighted by Gasteiger charge is 2.32. The second-order valence-corrected chi connectivity index (χ2v) is 6.86. The topological polar surface area (TPSA) is 43.9 Å². The van der Waals surface area contributed by atoms with Crippen LogP contribution in [0.5, 0.6) is 0 Å². The Balaban J connectivity index is 1.62. The summed E-state index contributed by atoms with van der Waals surface area (Å²) in [6.45, 7) is 5.11. The zero-order chi connectivity index (χ0) is 16.4. The zero-order valence-electron chi connectivity index (χ0n) is 13.4. The fourth-order valence-corrected chi connectivity index (χ4v) is 3.48. The summed E-state index contributed by atoms with van der Waals surface area (Å²) >= 11 is 5.99. The summed E-state index contributed by atoms with van der Waals surface area (Å²) in [6.07, 6.45) is 2.23. The van der Waals surface area contributed by atoms with Crippen molar-refractivity contribution in [3.63, 3.8) is 0 Å². The molecular weight excluding hydrogens is 314 g/mol. The monoisotopic (exact) mass is 335 g/mol. The number of hydrogen-bond acceptors (Lipinski definition) is 2. The van der Waals surface area contributed by atoms with Crippen LogP contribution < -0.4 is 4.90 Å². The number of hydrogen-bond donors (Lipinski definition) is 0. The maximum Gasteiger partial charge on any atom is 0.325 e. The molecule has 23 heavy (non-hydrogen) atoms. The van der Waals surface area contributed by atoms with E-state index in [1.807, 2.05) is 17.0 Å². The summed E-state index contributed by atoms with van der Waals surface area (Å²) in [5.74, 6) is 0.600. The minimum absolute atomic E-state index is 0.0536. The highest BCUT2D eigenvalue weighted by molar-refractivity contribution is 6.30. The van der Waals surface area contributed by atoms with Crippen molar-refractivity contribution in [3.05, 3.63) is 29.3 Å². The van der Waals surface area contributed by atoms with Crippen LogP contribution in [-0.2, 0) is 4.79 Å². The van der Waals surface area contributed by atoms with Crippen molar-refractivity contribution in [2.45, 2.75) is 19.8 Å². The van der Waals surface area contributed by atoms with Crippen LogP contribution in [0.25, 0.3) is 0 Å². The molecule has 3 rings (SSSR count). The summed E-state index contributed by atoms with van der Waals surface area (Å²) in [5, 5.41) is 0.604. The second kappa shape index (κ2) is 6.79. The standard InChI is InChI=1S/C17H22ClN3O2/c1-13-4-3-7-19(11-13)16(22)12-20-8-9-21(17(20)23)15-6-2-5-14(18)10-15/h2,5-6,10,13H,3-4,7-9,11-12H2,1H3. The number of urea groups is 1. The van der Waals surface area contributed by atoms with Crippen LogP contribution in [0.3, 0.4) is 0 Å². The van der Waals surface area contributed by atoms with Crippen molar-refractivity contribution in [2.24, 2.45) is 5.92 Å². The van der Waals surface area contributed by atoms with Gasteiger partial charge in [-0.05, 0) is 37.0 Å². The Morgan fingerprint density at radius 2 is 2.13 bits per heavy atom. The predicted octanol–water partition coefficient (Wildman–Crippen LogP) is 2.84. The minimum Gasteiger partial charge on any atom is -0.341 e. The van der Waals surface area contributed by atoms with Crippen LogP contribution in [0.15, 0.2) is 24.3 Å². The average molecular weight is 336 g/mol. The number of likely N-dealkylation sites (tertiary alicyclic amines) is 1. The van der Waals surface area contributed by atoms with Crippen molar-refractivity contribution < 1.29 is 9.59 Å². The van der Waals surface area contributed by atoms with E-state index in [2.05, 4.69) is 6.92 Å². The number of piperidine rings is 1. The number of benzene rings is 1. The lowest BCUT2D eigenvalue weighted by Crippen LogP contribution is -2.45. The Labute approximate surface area is 141 Å². The van der Waals surface area contributed by atoms with Gasteiger partial charge < -0.3 is 9.80 Å². The lowest BCUT2D eigenvalue weighted by atomic mass is 10.0. The molecule has 5 nitrogen and oxygen atoms in total. The van der Waals surface area contributed by atoms with Gasteiger partial charge in [-0.1, -0.05) is 24.6 Å². The van der Waals surface area contributed by atoms with Crippen LogP contribution in [0.1, 0.15) is 19.8 Å². The van der Waals surface area contributed by atoms with Crippen LogP contribution in [0.4, 0.5) is 10.5 Å². The third kappa shape index (κ3) is 3.61. The Kier molecular flexibility index (Phi) is 4.76. The molecular formula is C17H22ClN3O2. The van der Waals surface area contributed by atoms with Gasteiger partial charge in [-0.3, -0.25) is 9.69 Å². The molecule has 2 fully saturated rings. The Morgan fingerprint density at radius 3 is 2.87 bits per heavy atom. The molecule has 0 aliphatic carbocycles. The van der Waals surface area contributed by atoms with Crippen LogP contribution in [-0.4, -0.2) is 54.5 Å². The van der Waals surface area contributed by atoms with Gasteiger partial charge in [0.1, 0.15) is 6.54 Å². The lowest BCUT2D eigenvalue weighted by molar-refractivity contribution is -0.133. The van der Waals surface area contributed by atoms with Crippen LogP contribution >= 0.6 is 11.6 Å². The van der Waals surface area contributed by atoms with E-state index in [0.29, 0.717) is 24.0 Å². The van der Waals surface area contributed by atoms with Crippen LogP contribution in [0.2, 0.25) is 5.02 Å². The third-order valence-electron chi connectivity index (χ3n) is 4.55. The largest absolute Gasteiger partial charge is 0.341 e. The van der Waals surface area contributed by atoms with E-state index in [1.165, 1.54) is 6.42 Å². The molecule has 0 radical (unpaired) electrons. The first-order valence-corrected chi connectivity index (χ1v) is 8.52. The molecule has 0 aromatic heterocycles. The fraction of sp³-hybridized carbons (Fsp3) is 0.529. The van der Waals surface area contributed by atoms with Gasteiger partial charge in [-0.2, -0.15) is 0 Å². The molecule has 2 aliphatic heterocycles. The highest BCUT2D eigenvalue weighted by Crippen LogP contribution is 2.24. The summed E-state index contributed by atoms with van der Waals surface area (Å²) in [5.41, 5.74) is 0.782. The molecule has 0 saturated carbocycles. The summed E-state index contributed by atoms with van der Waals surface area (Å²) in [4.78, 5) is 30.2. The smallest absolute Gasteiger partial charge is 0.325 e. The van der Waals surface area contributed by atoms with E-state index >= 15 is 0 Å². The van der Waals surface area contributed by atoms with Crippen LogP contribution in [0, 0.1) is 5.92 Å². The van der Waals surface area contributed by atoms with E-state index in [1.54, 1.807) is 21.9 Å². The molecule has 2 heterocycles. The second-order valence-electron chi connectivity index (χ2n) is 6.42. The molecule has 0 N–H and O–H groups in total. The van der Waals surface area contributed by atoms with Gasteiger partial charge >= 0.3 is 6.03 Å². The van der Waals surface area contributed by atoms with E-state index in [4.69, 9.17) is 11.6 Å². The van der Waals surface area contributed by atoms with Gasteiger partial charge in [0.25, 0.3) is 0 Å². The van der Waals surface area contributed by atoms with Gasteiger partial charge in [0, 0.05) is 36.9 Å². The number of carbonyl (C=O) groups is 2. The first kappa shape index (κ1) is 16.1. The predicted molar refractivity (Wildman–Crippen MR) is 90.7 cm³/mol. The minimum atomic E-state index is -0.120. The quantitative estimate of drug-likeness (QED) is 0.852. The van der Waals surface area contributed by atoms with Gasteiger partial charge in [0.05, 0.1) is 0 Å². The van der Waals surface area contributed by atoms with Gasteiger partial charge in [-0.25, -0.2) is 4.79 Å². The highest BCUT2D eigenvalue weighted by atomic mass is 35.5. The number of nitrogens with zero attached hydrogens (tertiary/aromatic N) is 3. The van der Waals surface area contributed by atoms with E-state index in [0.717, 1.165) is 25.2 Å². The zero-order valence-corrected chi connectivity index (χ0v) is 14.1. The number of halogens is 1. The van der Waals surface area contributed by atoms with Crippen molar-refractivity contribution in [1.29, 1.82) is 0 Å². The molecule has 1 atom stereocenters. The number of amides is 3. The third-order valence-corrected chi connectivity index (χ3v) is 4.79. The SMILES string of the molecule is CC1CCCN(C(=O)CN2CCN(c3cccc(Cl)c3)C2=O)C1. The molecule has 2 saturated heterocycles. The van der Waals surface area contributed by atoms with Gasteiger partial charge in [-0.15, -0.1) is 0 Å². The van der Waals surface area contributed by atoms with Gasteiger partial charge in [0.15, 0.2) is 0 Å². The van der Waals surface area contributed by atoms with Crippen molar-refractivity contribution >= 4 is 29.2 Å². The maximum absolute atomic E-state index is 12.5. The normalized spacial score (nSPS) is 21.9. The molecule has 6 heteroatoms. The first-order chi connectivity index (χ1) is 11.0. The Bertz CT molecular complexity index is 607. The Hall–Kier alpha value is -1.75. The van der Waals surface area contributed by atoms with E-state index in [9.17, 15) is 9.59 Å². The average Bonchev–Trinajstić information content (AvgIpc) is 2.88. The van der Waals surface area contributed by atoms with Gasteiger partial charge in [0.2, 0.25) is 5.91 Å². The summed E-state index contributed by atoms with van der Waals surface area (Å²) in [7, 11) is 0. The van der Waals surface area contributed by atoms with E-state index < -0.39 is 0 Å². The molecule has 1 aromatic rings. The number of carbonyl (C=O) groups excluding carboxylic acids is 2. The molecule has 1 aromatic carbocycles. The molecule has 124 valence electrons. The van der Waals surface area contributed by atoms with Crippen molar-refractivity contribution in [1.82, 2.24) is 9.80 Å². The fourth-order valence-electron chi connectivity index (χ4n) is 3.29. The molecule has 3 amide bonds. The van der Waals surface area contributed by atoms with Crippen molar-refractivity contribution in [3.8, 4) is 0 Å². The summed E-state index contributed by atoms with van der Waals surface area (Å²) in [6, 6.07) is 7.13.